The number of thiazole rings is 1. The normalized spacial score (nSPS) is 13.7. The molecule has 0 saturated carbocycles. The lowest BCUT2D eigenvalue weighted by atomic mass is 10.4. The minimum atomic E-state index is -3.44. The number of ether oxygens (including phenoxy) is 1. The number of halogens is 1. The maximum atomic E-state index is 11.9. The van der Waals surface area contributed by atoms with E-state index in [2.05, 4.69) is 11.6 Å². The molecule has 0 saturated heterocycles. The molecule has 0 aliphatic carbocycles. The largest absolute Gasteiger partial charge is 0.375 e. The first-order valence-corrected chi connectivity index (χ1v) is 8.37. The molecule has 0 spiro atoms. The van der Waals surface area contributed by atoms with Crippen molar-refractivity contribution in [2.24, 2.45) is 0 Å². The molecule has 1 unspecified atom stereocenters. The van der Waals surface area contributed by atoms with E-state index in [1.165, 1.54) is 22.7 Å². The smallest absolute Gasteiger partial charge is 0.219 e. The van der Waals surface area contributed by atoms with E-state index in [1.807, 2.05) is 12.3 Å². The first kappa shape index (κ1) is 16.6. The third-order valence-corrected chi connectivity index (χ3v) is 5.61. The summed E-state index contributed by atoms with van der Waals surface area (Å²) >= 11 is 6.99. The second-order valence-corrected chi connectivity index (χ2v) is 7.58. The van der Waals surface area contributed by atoms with Gasteiger partial charge in [0.2, 0.25) is 10.0 Å². The topological polar surface area (TPSA) is 59.5 Å². The summed E-state index contributed by atoms with van der Waals surface area (Å²) in [5.74, 6) is -0.267. The maximum absolute atomic E-state index is 11.9. The van der Waals surface area contributed by atoms with Gasteiger partial charge in [0.05, 0.1) is 18.0 Å². The zero-order valence-corrected chi connectivity index (χ0v) is 13.5. The van der Waals surface area contributed by atoms with E-state index in [-0.39, 0.29) is 23.4 Å². The number of hydrogen-bond donors (Lipinski definition) is 0. The third-order valence-electron chi connectivity index (χ3n) is 2.47. The van der Waals surface area contributed by atoms with Crippen molar-refractivity contribution in [1.82, 2.24) is 9.29 Å². The van der Waals surface area contributed by atoms with Gasteiger partial charge in [0.15, 0.2) is 0 Å². The molecule has 1 atom stereocenters. The van der Waals surface area contributed by atoms with Crippen molar-refractivity contribution in [3.63, 3.8) is 0 Å². The fourth-order valence-corrected chi connectivity index (χ4v) is 3.52. The second-order valence-electron chi connectivity index (χ2n) is 4.08. The van der Waals surface area contributed by atoms with Crippen LogP contribution in [0.4, 0.5) is 0 Å². The van der Waals surface area contributed by atoms with Crippen molar-refractivity contribution in [2.75, 3.05) is 19.9 Å². The number of rotatable bonds is 7. The van der Waals surface area contributed by atoms with Crippen molar-refractivity contribution < 1.29 is 13.2 Å². The van der Waals surface area contributed by atoms with Crippen LogP contribution in [0, 0.1) is 0 Å². The molecule has 8 heteroatoms. The van der Waals surface area contributed by atoms with Crippen LogP contribution in [0.15, 0.2) is 17.0 Å². The molecule has 0 fully saturated rings. The van der Waals surface area contributed by atoms with Crippen molar-refractivity contribution in [3.05, 3.63) is 27.7 Å². The van der Waals surface area contributed by atoms with Crippen LogP contribution in [-0.4, -0.2) is 37.6 Å². The number of hydrogen-bond acceptors (Lipinski definition) is 5. The fourth-order valence-electron chi connectivity index (χ4n) is 1.32. The van der Waals surface area contributed by atoms with Crippen LogP contribution in [0.1, 0.15) is 23.7 Å². The Morgan fingerprint density at radius 1 is 1.68 bits per heavy atom. The summed E-state index contributed by atoms with van der Waals surface area (Å²) in [5, 5.41) is 2.75. The summed E-state index contributed by atoms with van der Waals surface area (Å²) in [4.78, 5) is 4.35. The quantitative estimate of drug-likeness (QED) is 0.772. The van der Waals surface area contributed by atoms with Crippen molar-refractivity contribution in [1.29, 1.82) is 0 Å². The van der Waals surface area contributed by atoms with Crippen molar-refractivity contribution >= 4 is 33.0 Å². The van der Waals surface area contributed by atoms with Gasteiger partial charge >= 0.3 is 0 Å². The first-order valence-electron chi connectivity index (χ1n) is 5.50. The predicted molar refractivity (Wildman–Crippen MR) is 77.8 cm³/mol. The Kier molecular flexibility index (Phi) is 5.94. The van der Waals surface area contributed by atoms with Crippen LogP contribution in [0.5, 0.6) is 0 Å². The van der Waals surface area contributed by atoms with Gasteiger partial charge in [-0.2, -0.15) is 4.31 Å². The molecule has 0 aliphatic heterocycles. The Bertz CT molecular complexity index is 542. The summed E-state index contributed by atoms with van der Waals surface area (Å²) in [6, 6.07) is 0. The Balaban J connectivity index is 2.74. The molecule has 0 amide bonds. The molecule has 1 heterocycles. The number of aromatic nitrogens is 1. The SMILES string of the molecule is C=C(Cl)CS(=O)(=O)N(C)Cc1csc(C(C)OC)n1. The summed E-state index contributed by atoms with van der Waals surface area (Å²) in [7, 11) is -0.340. The number of nitrogens with zero attached hydrogens (tertiary/aromatic N) is 2. The van der Waals surface area contributed by atoms with E-state index in [0.29, 0.717) is 5.69 Å². The predicted octanol–water partition coefficient (Wildman–Crippen LogP) is 2.36. The molecular formula is C11H17ClN2O3S2. The van der Waals surface area contributed by atoms with Gasteiger partial charge in [-0.1, -0.05) is 18.2 Å². The molecule has 108 valence electrons. The summed E-state index contributed by atoms with van der Waals surface area (Å²) < 4.78 is 30.1. The lowest BCUT2D eigenvalue weighted by Gasteiger charge is -2.15. The fraction of sp³-hybridized carbons (Fsp3) is 0.545. The van der Waals surface area contributed by atoms with E-state index in [4.69, 9.17) is 16.3 Å². The molecule has 0 radical (unpaired) electrons. The summed E-state index contributed by atoms with van der Waals surface area (Å²) in [5.41, 5.74) is 0.690. The van der Waals surface area contributed by atoms with E-state index < -0.39 is 10.0 Å². The third kappa shape index (κ3) is 4.85. The lowest BCUT2D eigenvalue weighted by Crippen LogP contribution is -2.29. The average molecular weight is 325 g/mol. The Morgan fingerprint density at radius 3 is 2.84 bits per heavy atom. The highest BCUT2D eigenvalue weighted by Gasteiger charge is 2.20. The van der Waals surface area contributed by atoms with Crippen molar-refractivity contribution in [3.8, 4) is 0 Å². The van der Waals surface area contributed by atoms with E-state index in [9.17, 15) is 8.42 Å². The molecule has 0 aromatic carbocycles. The highest BCUT2D eigenvalue weighted by molar-refractivity contribution is 7.89. The van der Waals surface area contributed by atoms with Gasteiger partial charge in [-0.15, -0.1) is 11.3 Å². The standard InChI is InChI=1S/C11H17ClN2O3S2/c1-8(12)7-19(15,16)14(3)5-10-6-18-11(13-10)9(2)17-4/h6,9H,1,5,7H2,2-4H3. The zero-order valence-electron chi connectivity index (χ0n) is 11.1. The minimum Gasteiger partial charge on any atom is -0.375 e. The molecular weight excluding hydrogens is 308 g/mol. The number of sulfonamides is 1. The molecule has 1 aromatic rings. The molecule has 19 heavy (non-hydrogen) atoms. The molecule has 0 aliphatic rings. The Labute approximate surface area is 122 Å². The van der Waals surface area contributed by atoms with Gasteiger partial charge in [0.1, 0.15) is 11.1 Å². The molecule has 0 bridgehead atoms. The lowest BCUT2D eigenvalue weighted by molar-refractivity contribution is 0.119. The number of methoxy groups -OCH3 is 1. The maximum Gasteiger partial charge on any atom is 0.219 e. The second kappa shape index (κ2) is 6.81. The van der Waals surface area contributed by atoms with Gasteiger partial charge in [-0.05, 0) is 6.92 Å². The molecule has 1 aromatic heterocycles. The average Bonchev–Trinajstić information content (AvgIpc) is 2.74. The van der Waals surface area contributed by atoms with Crippen LogP contribution in [0.25, 0.3) is 0 Å². The molecule has 0 N–H and O–H groups in total. The van der Waals surface area contributed by atoms with Gasteiger partial charge in [-0.25, -0.2) is 13.4 Å². The van der Waals surface area contributed by atoms with Crippen LogP contribution in [-0.2, 0) is 21.3 Å². The van der Waals surface area contributed by atoms with Crippen LogP contribution in [0.3, 0.4) is 0 Å². The van der Waals surface area contributed by atoms with Gasteiger partial charge < -0.3 is 4.74 Å². The van der Waals surface area contributed by atoms with E-state index >= 15 is 0 Å². The van der Waals surface area contributed by atoms with Gasteiger partial charge in [-0.3, -0.25) is 0 Å². The van der Waals surface area contributed by atoms with Crippen LogP contribution >= 0.6 is 22.9 Å². The van der Waals surface area contributed by atoms with Crippen LogP contribution in [0.2, 0.25) is 0 Å². The Hall–Kier alpha value is -0.470. The zero-order chi connectivity index (χ0) is 14.6. The highest BCUT2D eigenvalue weighted by Crippen LogP contribution is 2.21. The van der Waals surface area contributed by atoms with E-state index in [1.54, 1.807) is 7.11 Å². The van der Waals surface area contributed by atoms with E-state index in [0.717, 1.165) is 5.01 Å². The molecule has 1 rings (SSSR count). The van der Waals surface area contributed by atoms with Crippen LogP contribution < -0.4 is 0 Å². The summed E-state index contributed by atoms with van der Waals surface area (Å²) in [6.45, 7) is 5.49. The first-order chi connectivity index (χ1) is 8.76. The monoisotopic (exact) mass is 324 g/mol. The van der Waals surface area contributed by atoms with Gasteiger partial charge in [0.25, 0.3) is 0 Å². The van der Waals surface area contributed by atoms with Crippen molar-refractivity contribution in [2.45, 2.75) is 19.6 Å². The summed E-state index contributed by atoms with van der Waals surface area (Å²) in [6.07, 6.45) is -0.0942. The molecule has 5 nitrogen and oxygen atoms in total. The minimum absolute atomic E-state index is 0.0942. The van der Waals surface area contributed by atoms with Gasteiger partial charge in [0, 0.05) is 24.6 Å². The highest BCUT2D eigenvalue weighted by atomic mass is 35.5. The Morgan fingerprint density at radius 2 is 2.32 bits per heavy atom.